The van der Waals surface area contributed by atoms with Gasteiger partial charge in [0.1, 0.15) is 11.6 Å². The lowest BCUT2D eigenvalue weighted by Crippen LogP contribution is -2.51. The minimum Gasteiger partial charge on any atom is -0.341 e. The lowest BCUT2D eigenvalue weighted by Gasteiger charge is -2.34. The van der Waals surface area contributed by atoms with Gasteiger partial charge in [-0.05, 0) is 60.3 Å². The third-order valence-electron chi connectivity index (χ3n) is 6.14. The van der Waals surface area contributed by atoms with E-state index >= 15 is 0 Å². The lowest BCUT2D eigenvalue weighted by molar-refractivity contribution is 0.398. The minimum atomic E-state index is -1.40. The maximum absolute atomic E-state index is 14.1. The van der Waals surface area contributed by atoms with Crippen LogP contribution in [-0.2, 0) is 25.3 Å². The van der Waals surface area contributed by atoms with Crippen molar-refractivity contribution in [3.05, 3.63) is 87.7 Å². The maximum Gasteiger partial charge on any atom is 0.210 e. The lowest BCUT2D eigenvalue weighted by atomic mass is 10.00. The molecule has 0 saturated heterocycles. The van der Waals surface area contributed by atoms with E-state index in [9.17, 15) is 4.39 Å². The van der Waals surface area contributed by atoms with Crippen LogP contribution in [-0.4, -0.2) is 22.5 Å². The third kappa shape index (κ3) is 5.10. The molecule has 1 unspecified atom stereocenters. The number of hydrogen-bond acceptors (Lipinski definition) is 6. The molecule has 0 bridgehead atoms. The monoisotopic (exact) mass is 493 g/mol. The van der Waals surface area contributed by atoms with Gasteiger partial charge in [-0.25, -0.2) is 9.38 Å². The molecule has 35 heavy (non-hydrogen) atoms. The predicted octanol–water partition coefficient (Wildman–Crippen LogP) is 4.20. The molecule has 0 radical (unpaired) electrons. The molecule has 3 aromatic rings. The predicted molar refractivity (Wildman–Crippen MR) is 138 cm³/mol. The van der Waals surface area contributed by atoms with Gasteiger partial charge in [-0.2, -0.15) is 5.10 Å². The molecule has 0 spiro atoms. The Kier molecular flexibility index (Phi) is 6.35. The highest BCUT2D eigenvalue weighted by atomic mass is 35.5. The summed E-state index contributed by atoms with van der Waals surface area (Å²) in [6, 6.07) is 10.5. The number of benzene rings is 2. The Morgan fingerprint density at radius 1 is 1.23 bits per heavy atom. The summed E-state index contributed by atoms with van der Waals surface area (Å²) >= 11 is 6.11. The van der Waals surface area contributed by atoms with E-state index in [2.05, 4.69) is 58.1 Å². The summed E-state index contributed by atoms with van der Waals surface area (Å²) in [7, 11) is 0. The van der Waals surface area contributed by atoms with Gasteiger partial charge in [0, 0.05) is 52.9 Å². The normalized spacial score (nSPS) is 19.6. The summed E-state index contributed by atoms with van der Waals surface area (Å²) in [4.78, 5) is 4.58. The SMILES string of the molecule is CC(C)Cn1cc(C2=C(Nc3ccc4c(c3)CNCC4)NC(N)(c3cc(F)cc(Cl)c3)N=C2)cn1. The van der Waals surface area contributed by atoms with Crippen LogP contribution in [0.25, 0.3) is 5.57 Å². The van der Waals surface area contributed by atoms with Crippen molar-refractivity contribution in [2.75, 3.05) is 11.9 Å². The molecule has 5 N–H and O–H groups in total. The average molecular weight is 494 g/mol. The number of anilines is 1. The fourth-order valence-corrected chi connectivity index (χ4v) is 4.66. The van der Waals surface area contributed by atoms with Gasteiger partial charge >= 0.3 is 0 Å². The van der Waals surface area contributed by atoms with Crippen molar-refractivity contribution < 1.29 is 4.39 Å². The van der Waals surface area contributed by atoms with Crippen molar-refractivity contribution in [1.82, 2.24) is 20.4 Å². The van der Waals surface area contributed by atoms with Crippen molar-refractivity contribution in [1.29, 1.82) is 0 Å². The Balaban J connectivity index is 1.53. The van der Waals surface area contributed by atoms with E-state index < -0.39 is 11.6 Å². The first kappa shape index (κ1) is 23.5. The van der Waals surface area contributed by atoms with Gasteiger partial charge in [0.2, 0.25) is 5.79 Å². The average Bonchev–Trinajstić information content (AvgIpc) is 3.26. The fraction of sp³-hybridized carbons (Fsp3) is 0.308. The molecule has 0 amide bonds. The van der Waals surface area contributed by atoms with Gasteiger partial charge in [-0.15, -0.1) is 0 Å². The molecule has 2 aliphatic heterocycles. The Hall–Kier alpha value is -3.20. The zero-order valence-corrected chi connectivity index (χ0v) is 20.5. The smallest absolute Gasteiger partial charge is 0.210 e. The number of aromatic nitrogens is 2. The largest absolute Gasteiger partial charge is 0.341 e. The zero-order chi connectivity index (χ0) is 24.6. The van der Waals surface area contributed by atoms with Crippen LogP contribution in [0.4, 0.5) is 10.1 Å². The van der Waals surface area contributed by atoms with Crippen LogP contribution in [0, 0.1) is 11.7 Å². The molecule has 182 valence electrons. The van der Waals surface area contributed by atoms with Crippen molar-refractivity contribution in [3.8, 4) is 0 Å². The van der Waals surface area contributed by atoms with E-state index in [0.717, 1.165) is 42.9 Å². The number of nitrogens with one attached hydrogen (secondary N) is 3. The van der Waals surface area contributed by atoms with E-state index in [0.29, 0.717) is 17.3 Å². The Labute approximate surface area is 209 Å². The fourth-order valence-electron chi connectivity index (χ4n) is 4.44. The second-order valence-corrected chi connectivity index (χ2v) is 9.91. The second kappa shape index (κ2) is 9.45. The molecular formula is C26H29ClFN7. The molecule has 3 heterocycles. The van der Waals surface area contributed by atoms with Gasteiger partial charge in [0.05, 0.1) is 6.20 Å². The topological polar surface area (TPSA) is 92.3 Å². The molecule has 2 aromatic carbocycles. The van der Waals surface area contributed by atoms with Gasteiger partial charge < -0.3 is 16.0 Å². The first-order chi connectivity index (χ1) is 16.8. The van der Waals surface area contributed by atoms with Crippen LogP contribution >= 0.6 is 11.6 Å². The number of rotatable bonds is 6. The first-order valence-corrected chi connectivity index (χ1v) is 12.1. The quantitative estimate of drug-likeness (QED) is 0.413. The van der Waals surface area contributed by atoms with Crippen LogP contribution in [0.1, 0.15) is 36.1 Å². The molecule has 0 aliphatic carbocycles. The molecule has 1 atom stereocenters. The van der Waals surface area contributed by atoms with Crippen LogP contribution in [0.3, 0.4) is 0 Å². The molecule has 0 saturated carbocycles. The van der Waals surface area contributed by atoms with Crippen molar-refractivity contribution in [3.63, 3.8) is 0 Å². The third-order valence-corrected chi connectivity index (χ3v) is 6.36. The Morgan fingerprint density at radius 3 is 2.89 bits per heavy atom. The van der Waals surface area contributed by atoms with E-state index in [1.54, 1.807) is 12.3 Å². The summed E-state index contributed by atoms with van der Waals surface area (Å²) in [5.41, 5.74) is 12.3. The maximum atomic E-state index is 14.1. The molecular weight excluding hydrogens is 465 g/mol. The number of fused-ring (bicyclic) bond motifs is 1. The first-order valence-electron chi connectivity index (χ1n) is 11.7. The summed E-state index contributed by atoms with van der Waals surface area (Å²) in [6.07, 6.45) is 6.51. The number of halogens is 2. The Morgan fingerprint density at radius 2 is 2.09 bits per heavy atom. The summed E-state index contributed by atoms with van der Waals surface area (Å²) in [5, 5.41) is 15.0. The van der Waals surface area contributed by atoms with Crippen LogP contribution in [0.15, 0.2) is 59.6 Å². The number of allylic oxidation sites excluding steroid dienone is 1. The van der Waals surface area contributed by atoms with Gasteiger partial charge in [-0.3, -0.25) is 10.4 Å². The number of nitrogens with zero attached hydrogens (tertiary/aromatic N) is 3. The molecule has 7 nitrogen and oxygen atoms in total. The zero-order valence-electron chi connectivity index (χ0n) is 19.8. The minimum absolute atomic E-state index is 0.253. The van der Waals surface area contributed by atoms with Crippen molar-refractivity contribution in [2.24, 2.45) is 16.6 Å². The van der Waals surface area contributed by atoms with Crippen molar-refractivity contribution in [2.45, 2.75) is 39.1 Å². The Bertz CT molecular complexity index is 1290. The molecule has 9 heteroatoms. The highest BCUT2D eigenvalue weighted by Gasteiger charge is 2.32. The van der Waals surface area contributed by atoms with Crippen LogP contribution < -0.4 is 21.7 Å². The van der Waals surface area contributed by atoms with Crippen LogP contribution in [0.2, 0.25) is 5.02 Å². The van der Waals surface area contributed by atoms with E-state index in [4.69, 9.17) is 17.3 Å². The number of nitrogens with two attached hydrogens (primary N) is 1. The highest BCUT2D eigenvalue weighted by Crippen LogP contribution is 2.30. The molecule has 0 fully saturated rings. The molecule has 1 aromatic heterocycles. The van der Waals surface area contributed by atoms with E-state index in [1.807, 2.05) is 17.1 Å². The molecule has 5 rings (SSSR count). The highest BCUT2D eigenvalue weighted by molar-refractivity contribution is 6.30. The summed E-state index contributed by atoms with van der Waals surface area (Å²) in [6.45, 7) is 6.92. The van der Waals surface area contributed by atoms with Crippen LogP contribution in [0.5, 0.6) is 0 Å². The van der Waals surface area contributed by atoms with Gasteiger partial charge in [-0.1, -0.05) is 31.5 Å². The van der Waals surface area contributed by atoms with Crippen molar-refractivity contribution >= 4 is 29.1 Å². The second-order valence-electron chi connectivity index (χ2n) is 9.48. The standard InChI is InChI=1S/C26H29ClFN7/c1-16(2)14-35-15-19(12-32-35)24-13-31-26(29,20-8-21(27)10-22(28)9-20)34-25(24)33-23-4-3-17-5-6-30-11-18(17)7-23/h3-4,7-10,12-13,15-16,30,33-34H,5-6,11,14,29H2,1-2H3. The number of hydrogen-bond donors (Lipinski definition) is 4. The summed E-state index contributed by atoms with van der Waals surface area (Å²) < 4.78 is 16.1. The van der Waals surface area contributed by atoms with Gasteiger partial charge in [0.15, 0.2) is 0 Å². The number of aliphatic imine (C=N–C) groups is 1. The van der Waals surface area contributed by atoms with E-state index in [-0.39, 0.29) is 5.02 Å². The summed E-state index contributed by atoms with van der Waals surface area (Å²) in [5.74, 6) is -0.765. The van der Waals surface area contributed by atoms with E-state index in [1.165, 1.54) is 23.3 Å². The van der Waals surface area contributed by atoms with Gasteiger partial charge in [0.25, 0.3) is 0 Å². The molecule has 2 aliphatic rings.